The van der Waals surface area contributed by atoms with E-state index in [9.17, 15) is 0 Å². The maximum Gasteiger partial charge on any atom is 0.135 e. The molecular weight excluding hydrogens is 378 g/mol. The van der Waals surface area contributed by atoms with Crippen LogP contribution in [0.1, 0.15) is 6.42 Å². The van der Waals surface area contributed by atoms with Crippen LogP contribution in [0.3, 0.4) is 0 Å². The molecule has 0 amide bonds. The highest BCUT2D eigenvalue weighted by molar-refractivity contribution is 9.11. The molecule has 0 aromatic heterocycles. The van der Waals surface area contributed by atoms with E-state index >= 15 is 0 Å². The van der Waals surface area contributed by atoms with Gasteiger partial charge in [0.2, 0.25) is 0 Å². The van der Waals surface area contributed by atoms with Crippen LogP contribution in [0, 0.1) is 0 Å². The fourth-order valence-corrected chi connectivity index (χ4v) is 2.78. The first-order chi connectivity index (χ1) is 9.19. The van der Waals surface area contributed by atoms with Crippen LogP contribution in [0.4, 0.5) is 5.69 Å². The number of methoxy groups -OCH3 is 2. The van der Waals surface area contributed by atoms with Crippen molar-refractivity contribution in [3.8, 4) is 5.75 Å². The Bertz CT molecular complexity index is 388. The van der Waals surface area contributed by atoms with Crippen LogP contribution in [0.5, 0.6) is 5.75 Å². The van der Waals surface area contributed by atoms with Gasteiger partial charge in [-0.2, -0.15) is 0 Å². The summed E-state index contributed by atoms with van der Waals surface area (Å²) >= 11 is 6.95. The van der Waals surface area contributed by atoms with E-state index in [1.165, 1.54) is 0 Å². The van der Waals surface area contributed by atoms with Crippen LogP contribution < -0.4 is 10.1 Å². The summed E-state index contributed by atoms with van der Waals surface area (Å²) in [5.74, 6) is 0.798. The molecule has 1 aromatic rings. The summed E-state index contributed by atoms with van der Waals surface area (Å²) in [5.41, 5.74) is 0.987. The summed E-state index contributed by atoms with van der Waals surface area (Å²) in [6.07, 6.45) is 0.923. The number of benzene rings is 1. The molecule has 0 aliphatic heterocycles. The normalized spacial score (nSPS) is 10.5. The number of hydrogen-bond donors (Lipinski definition) is 1. The van der Waals surface area contributed by atoms with Crippen LogP contribution in [0.15, 0.2) is 21.1 Å². The van der Waals surface area contributed by atoms with E-state index in [4.69, 9.17) is 14.2 Å². The fraction of sp³-hybridized carbons (Fsp3) is 0.538. The van der Waals surface area contributed by atoms with E-state index in [1.54, 1.807) is 14.2 Å². The first-order valence-corrected chi connectivity index (χ1v) is 7.61. The van der Waals surface area contributed by atoms with Crippen molar-refractivity contribution in [1.29, 1.82) is 0 Å². The lowest BCUT2D eigenvalue weighted by molar-refractivity contribution is 0.109. The van der Waals surface area contributed by atoms with Crippen molar-refractivity contribution in [3.05, 3.63) is 21.1 Å². The predicted molar refractivity (Wildman–Crippen MR) is 84.2 cm³/mol. The summed E-state index contributed by atoms with van der Waals surface area (Å²) in [5, 5.41) is 3.30. The standard InChI is InChI=1S/C13H19Br2NO3/c1-17-5-3-6-19-7-4-16-12-9-13(18-2)11(15)8-10(12)14/h8-9,16H,3-7H2,1-2H3. The molecule has 1 N–H and O–H groups in total. The Balaban J connectivity index is 2.33. The molecule has 0 bridgehead atoms. The summed E-state index contributed by atoms with van der Waals surface area (Å²) in [6, 6.07) is 3.90. The molecule has 0 saturated carbocycles. The number of hydrogen-bond acceptors (Lipinski definition) is 4. The lowest BCUT2D eigenvalue weighted by Crippen LogP contribution is -2.11. The van der Waals surface area contributed by atoms with E-state index in [1.807, 2.05) is 12.1 Å². The summed E-state index contributed by atoms with van der Waals surface area (Å²) in [6.45, 7) is 2.87. The maximum absolute atomic E-state index is 5.48. The molecule has 108 valence electrons. The zero-order valence-electron chi connectivity index (χ0n) is 11.2. The minimum atomic E-state index is 0.661. The predicted octanol–water partition coefficient (Wildman–Crippen LogP) is 3.69. The third-order valence-electron chi connectivity index (χ3n) is 2.44. The van der Waals surface area contributed by atoms with Crippen molar-refractivity contribution < 1.29 is 14.2 Å². The fourth-order valence-electron chi connectivity index (χ4n) is 1.49. The second-order valence-corrected chi connectivity index (χ2v) is 5.56. The Morgan fingerprint density at radius 1 is 1.05 bits per heavy atom. The Morgan fingerprint density at radius 3 is 2.53 bits per heavy atom. The lowest BCUT2D eigenvalue weighted by Gasteiger charge is -2.12. The molecule has 0 heterocycles. The van der Waals surface area contributed by atoms with Gasteiger partial charge in [0.25, 0.3) is 0 Å². The zero-order chi connectivity index (χ0) is 14.1. The molecule has 19 heavy (non-hydrogen) atoms. The Morgan fingerprint density at radius 2 is 1.84 bits per heavy atom. The van der Waals surface area contributed by atoms with Crippen molar-refractivity contribution in [1.82, 2.24) is 0 Å². The molecule has 0 spiro atoms. The van der Waals surface area contributed by atoms with Gasteiger partial charge in [0, 0.05) is 37.4 Å². The Labute approximate surface area is 131 Å². The van der Waals surface area contributed by atoms with Crippen LogP contribution in [-0.4, -0.2) is 40.6 Å². The first kappa shape index (κ1) is 16.8. The SMILES string of the molecule is COCCCOCCNc1cc(OC)c(Br)cc1Br. The molecule has 0 unspecified atom stereocenters. The Kier molecular flexibility index (Phi) is 8.45. The smallest absolute Gasteiger partial charge is 0.135 e. The van der Waals surface area contributed by atoms with E-state index < -0.39 is 0 Å². The minimum absolute atomic E-state index is 0.661. The van der Waals surface area contributed by atoms with Gasteiger partial charge in [-0.05, 0) is 44.3 Å². The monoisotopic (exact) mass is 395 g/mol. The summed E-state index contributed by atoms with van der Waals surface area (Å²) in [4.78, 5) is 0. The summed E-state index contributed by atoms with van der Waals surface area (Å²) in [7, 11) is 3.34. The van der Waals surface area contributed by atoms with Crippen molar-refractivity contribution >= 4 is 37.5 Å². The van der Waals surface area contributed by atoms with Gasteiger partial charge < -0.3 is 19.5 Å². The average Bonchev–Trinajstić information content (AvgIpc) is 2.40. The van der Waals surface area contributed by atoms with Crippen LogP contribution in [0.25, 0.3) is 0 Å². The zero-order valence-corrected chi connectivity index (χ0v) is 14.3. The number of rotatable bonds is 9. The highest BCUT2D eigenvalue weighted by Gasteiger charge is 2.06. The molecule has 0 aliphatic carbocycles. The van der Waals surface area contributed by atoms with Crippen LogP contribution in [-0.2, 0) is 9.47 Å². The van der Waals surface area contributed by atoms with E-state index in [-0.39, 0.29) is 0 Å². The van der Waals surface area contributed by atoms with Gasteiger partial charge in [0.1, 0.15) is 5.75 Å². The highest BCUT2D eigenvalue weighted by Crippen LogP contribution is 2.34. The van der Waals surface area contributed by atoms with Crippen molar-refractivity contribution in [2.75, 3.05) is 45.9 Å². The van der Waals surface area contributed by atoms with Crippen molar-refractivity contribution in [3.63, 3.8) is 0 Å². The molecular formula is C13H19Br2NO3. The second-order valence-electron chi connectivity index (χ2n) is 3.85. The molecule has 0 atom stereocenters. The van der Waals surface area contributed by atoms with Crippen molar-refractivity contribution in [2.45, 2.75) is 6.42 Å². The largest absolute Gasteiger partial charge is 0.495 e. The van der Waals surface area contributed by atoms with Gasteiger partial charge in [-0.1, -0.05) is 0 Å². The van der Waals surface area contributed by atoms with Crippen LogP contribution >= 0.6 is 31.9 Å². The molecule has 0 aliphatic rings. The quantitative estimate of drug-likeness (QED) is 0.646. The highest BCUT2D eigenvalue weighted by atomic mass is 79.9. The average molecular weight is 397 g/mol. The molecule has 6 heteroatoms. The second kappa shape index (κ2) is 9.58. The number of halogens is 2. The first-order valence-electron chi connectivity index (χ1n) is 6.02. The van der Waals surface area contributed by atoms with Gasteiger partial charge in [-0.15, -0.1) is 0 Å². The maximum atomic E-state index is 5.48. The number of nitrogens with one attached hydrogen (secondary N) is 1. The third kappa shape index (κ3) is 6.12. The minimum Gasteiger partial charge on any atom is -0.495 e. The molecule has 0 radical (unpaired) electrons. The van der Waals surface area contributed by atoms with Crippen molar-refractivity contribution in [2.24, 2.45) is 0 Å². The molecule has 1 rings (SSSR count). The molecule has 0 saturated heterocycles. The summed E-state index contributed by atoms with van der Waals surface area (Å²) < 4.78 is 17.6. The van der Waals surface area contributed by atoms with E-state index in [0.29, 0.717) is 6.61 Å². The van der Waals surface area contributed by atoms with Gasteiger partial charge in [-0.3, -0.25) is 0 Å². The van der Waals surface area contributed by atoms with Gasteiger partial charge in [0.05, 0.1) is 23.9 Å². The molecule has 0 fully saturated rings. The third-order valence-corrected chi connectivity index (χ3v) is 3.72. The van der Waals surface area contributed by atoms with Gasteiger partial charge in [0.15, 0.2) is 0 Å². The van der Waals surface area contributed by atoms with E-state index in [0.717, 1.165) is 46.6 Å². The Hall–Kier alpha value is -0.300. The molecule has 4 nitrogen and oxygen atoms in total. The topological polar surface area (TPSA) is 39.7 Å². The van der Waals surface area contributed by atoms with Gasteiger partial charge >= 0.3 is 0 Å². The number of ether oxygens (including phenoxy) is 3. The van der Waals surface area contributed by atoms with Gasteiger partial charge in [-0.25, -0.2) is 0 Å². The van der Waals surface area contributed by atoms with E-state index in [2.05, 4.69) is 37.2 Å². The lowest BCUT2D eigenvalue weighted by atomic mass is 10.3. The molecule has 1 aromatic carbocycles. The number of anilines is 1. The van der Waals surface area contributed by atoms with Crippen LogP contribution in [0.2, 0.25) is 0 Å².